The second kappa shape index (κ2) is 5.46. The van der Waals surface area contributed by atoms with Crippen LogP contribution in [-0.2, 0) is 7.05 Å². The van der Waals surface area contributed by atoms with Crippen LogP contribution in [0, 0.1) is 11.3 Å². The molecule has 0 unspecified atom stereocenters. The van der Waals surface area contributed by atoms with Gasteiger partial charge < -0.3 is 5.32 Å². The summed E-state index contributed by atoms with van der Waals surface area (Å²) in [6, 6.07) is 11.9. The Labute approximate surface area is 126 Å². The van der Waals surface area contributed by atoms with Crippen LogP contribution < -0.4 is 5.32 Å². The summed E-state index contributed by atoms with van der Waals surface area (Å²) in [4.78, 5) is 4.55. The number of nitriles is 1. The molecule has 0 saturated carbocycles. The normalized spacial score (nSPS) is 10.5. The number of aryl methyl sites for hydroxylation is 1. The van der Waals surface area contributed by atoms with E-state index in [0.717, 1.165) is 21.6 Å². The third-order valence-corrected chi connectivity index (χ3v) is 3.81. The van der Waals surface area contributed by atoms with E-state index in [4.69, 9.17) is 0 Å². The summed E-state index contributed by atoms with van der Waals surface area (Å²) < 4.78 is 1.72. The Morgan fingerprint density at radius 2 is 2.10 bits per heavy atom. The predicted molar refractivity (Wildman–Crippen MR) is 84.7 cm³/mol. The monoisotopic (exact) mass is 295 g/mol. The zero-order chi connectivity index (χ0) is 14.8. The highest BCUT2D eigenvalue weighted by atomic mass is 32.2. The van der Waals surface area contributed by atoms with Crippen molar-refractivity contribution >= 4 is 34.2 Å². The van der Waals surface area contributed by atoms with Crippen molar-refractivity contribution in [3.63, 3.8) is 0 Å². The Hall–Kier alpha value is -2.52. The van der Waals surface area contributed by atoms with Gasteiger partial charge in [0.1, 0.15) is 16.7 Å². The Bertz CT molecular complexity index is 847. The minimum absolute atomic E-state index is 0.548. The van der Waals surface area contributed by atoms with Crippen LogP contribution in [0.5, 0.6) is 0 Å². The van der Waals surface area contributed by atoms with Crippen molar-refractivity contribution in [2.45, 2.75) is 5.03 Å². The van der Waals surface area contributed by atoms with E-state index in [1.807, 2.05) is 49.8 Å². The molecule has 5 nitrogen and oxygen atoms in total. The van der Waals surface area contributed by atoms with Crippen LogP contribution >= 0.6 is 11.8 Å². The molecule has 104 valence electrons. The number of hydrogen-bond donors (Lipinski definition) is 1. The van der Waals surface area contributed by atoms with Gasteiger partial charge in [0.25, 0.3) is 0 Å². The quantitative estimate of drug-likeness (QED) is 0.751. The maximum absolute atomic E-state index is 9.50. The number of para-hydroxylation sites is 1. The minimum Gasteiger partial charge on any atom is -0.337 e. The van der Waals surface area contributed by atoms with Gasteiger partial charge in [0.05, 0.1) is 11.2 Å². The summed E-state index contributed by atoms with van der Waals surface area (Å²) in [7, 11) is 1.86. The molecule has 21 heavy (non-hydrogen) atoms. The van der Waals surface area contributed by atoms with Crippen LogP contribution in [-0.4, -0.2) is 21.0 Å². The van der Waals surface area contributed by atoms with Crippen LogP contribution in [0.3, 0.4) is 0 Å². The van der Waals surface area contributed by atoms with Gasteiger partial charge in [-0.15, -0.1) is 11.8 Å². The fraction of sp³-hybridized carbons (Fsp3) is 0.133. The van der Waals surface area contributed by atoms with E-state index >= 15 is 0 Å². The minimum atomic E-state index is 0.548. The number of benzene rings is 1. The molecular weight excluding hydrogens is 282 g/mol. The molecule has 0 aliphatic rings. The summed E-state index contributed by atoms with van der Waals surface area (Å²) in [5.41, 5.74) is 2.16. The number of hydrogen-bond acceptors (Lipinski definition) is 5. The number of pyridine rings is 1. The van der Waals surface area contributed by atoms with Gasteiger partial charge >= 0.3 is 0 Å². The van der Waals surface area contributed by atoms with Gasteiger partial charge in [-0.05, 0) is 12.3 Å². The van der Waals surface area contributed by atoms with Gasteiger partial charge in [0.15, 0.2) is 5.82 Å². The Balaban J connectivity index is 2.24. The maximum atomic E-state index is 9.50. The first-order chi connectivity index (χ1) is 10.2. The second-order valence-corrected chi connectivity index (χ2v) is 5.29. The number of fused-ring (bicyclic) bond motifs is 1. The van der Waals surface area contributed by atoms with Crippen LogP contribution in [0.4, 0.5) is 11.5 Å². The fourth-order valence-corrected chi connectivity index (χ4v) is 2.72. The maximum Gasteiger partial charge on any atom is 0.152 e. The number of rotatable bonds is 3. The standard InChI is InChI=1S/C15H13N5S/c1-20-8-7-13(19-20)18-14-10-5-3-4-6-12(10)17-15(21-2)11(14)9-16/h3-8H,1-2H3,(H,17,18,19). The van der Waals surface area contributed by atoms with Crippen LogP contribution in [0.15, 0.2) is 41.6 Å². The first-order valence-electron chi connectivity index (χ1n) is 6.36. The Morgan fingerprint density at radius 3 is 2.76 bits per heavy atom. The first kappa shape index (κ1) is 13.5. The topological polar surface area (TPSA) is 66.5 Å². The van der Waals surface area contributed by atoms with E-state index in [1.165, 1.54) is 11.8 Å². The predicted octanol–water partition coefficient (Wildman–Crippen LogP) is 3.31. The lowest BCUT2D eigenvalue weighted by atomic mass is 10.1. The highest BCUT2D eigenvalue weighted by molar-refractivity contribution is 7.98. The number of aromatic nitrogens is 3. The summed E-state index contributed by atoms with van der Waals surface area (Å²) in [5.74, 6) is 0.706. The molecule has 1 aromatic carbocycles. The van der Waals surface area contributed by atoms with Crippen molar-refractivity contribution in [2.24, 2.45) is 7.05 Å². The third-order valence-electron chi connectivity index (χ3n) is 3.13. The fourth-order valence-electron chi connectivity index (χ4n) is 2.18. The molecule has 6 heteroatoms. The smallest absolute Gasteiger partial charge is 0.152 e. The van der Waals surface area contributed by atoms with Gasteiger partial charge in [-0.3, -0.25) is 4.68 Å². The SMILES string of the molecule is CSc1nc2ccccc2c(Nc2ccn(C)n2)c1C#N. The van der Waals surface area contributed by atoms with E-state index in [-0.39, 0.29) is 0 Å². The molecule has 0 aliphatic carbocycles. The second-order valence-electron chi connectivity index (χ2n) is 4.50. The van der Waals surface area contributed by atoms with Gasteiger partial charge in [0.2, 0.25) is 0 Å². The van der Waals surface area contributed by atoms with Crippen molar-refractivity contribution in [3.8, 4) is 6.07 Å². The molecular formula is C15H13N5S. The summed E-state index contributed by atoms with van der Waals surface area (Å²) >= 11 is 1.47. The summed E-state index contributed by atoms with van der Waals surface area (Å²) in [6.45, 7) is 0. The molecule has 3 aromatic rings. The van der Waals surface area contributed by atoms with E-state index in [1.54, 1.807) is 4.68 Å². The zero-order valence-corrected chi connectivity index (χ0v) is 12.5. The molecule has 0 amide bonds. The van der Waals surface area contributed by atoms with E-state index < -0.39 is 0 Å². The van der Waals surface area contributed by atoms with Crippen molar-refractivity contribution in [2.75, 3.05) is 11.6 Å². The zero-order valence-electron chi connectivity index (χ0n) is 11.7. The molecule has 0 spiro atoms. The highest BCUT2D eigenvalue weighted by Crippen LogP contribution is 2.33. The highest BCUT2D eigenvalue weighted by Gasteiger charge is 2.15. The largest absolute Gasteiger partial charge is 0.337 e. The molecule has 2 heterocycles. The third kappa shape index (κ3) is 2.43. The molecule has 1 N–H and O–H groups in total. The van der Waals surface area contributed by atoms with Crippen molar-refractivity contribution in [1.82, 2.24) is 14.8 Å². The van der Waals surface area contributed by atoms with Gasteiger partial charge in [-0.25, -0.2) is 4.98 Å². The number of anilines is 2. The van der Waals surface area contributed by atoms with Gasteiger partial charge in [0, 0.05) is 24.7 Å². The number of nitrogens with one attached hydrogen (secondary N) is 1. The average Bonchev–Trinajstić information content (AvgIpc) is 2.92. The van der Waals surface area contributed by atoms with Crippen molar-refractivity contribution in [3.05, 3.63) is 42.1 Å². The summed E-state index contributed by atoms with van der Waals surface area (Å²) in [5, 5.41) is 18.7. The molecule has 0 aliphatic heterocycles. The molecule has 2 aromatic heterocycles. The molecule has 0 fully saturated rings. The number of nitrogens with zero attached hydrogens (tertiary/aromatic N) is 4. The molecule has 0 saturated heterocycles. The summed E-state index contributed by atoms with van der Waals surface area (Å²) in [6.07, 6.45) is 3.77. The van der Waals surface area contributed by atoms with Crippen molar-refractivity contribution in [1.29, 1.82) is 5.26 Å². The van der Waals surface area contributed by atoms with Gasteiger partial charge in [-0.2, -0.15) is 10.4 Å². The lowest BCUT2D eigenvalue weighted by Gasteiger charge is -2.12. The number of thioether (sulfide) groups is 1. The van der Waals surface area contributed by atoms with E-state index in [0.29, 0.717) is 11.4 Å². The molecule has 3 rings (SSSR count). The molecule has 0 radical (unpaired) electrons. The lowest BCUT2D eigenvalue weighted by molar-refractivity contribution is 0.771. The van der Waals surface area contributed by atoms with Crippen LogP contribution in [0.1, 0.15) is 5.56 Å². The Morgan fingerprint density at radius 1 is 1.29 bits per heavy atom. The molecule has 0 bridgehead atoms. The average molecular weight is 295 g/mol. The lowest BCUT2D eigenvalue weighted by Crippen LogP contribution is -2.00. The van der Waals surface area contributed by atoms with Crippen molar-refractivity contribution < 1.29 is 0 Å². The van der Waals surface area contributed by atoms with E-state index in [2.05, 4.69) is 21.5 Å². The van der Waals surface area contributed by atoms with Crippen LogP contribution in [0.25, 0.3) is 10.9 Å². The van der Waals surface area contributed by atoms with Crippen LogP contribution in [0.2, 0.25) is 0 Å². The molecule has 0 atom stereocenters. The van der Waals surface area contributed by atoms with E-state index in [9.17, 15) is 5.26 Å². The van der Waals surface area contributed by atoms with Gasteiger partial charge in [-0.1, -0.05) is 18.2 Å². The Kier molecular flexibility index (Phi) is 3.50. The first-order valence-corrected chi connectivity index (χ1v) is 7.59.